The average molecular weight is 392 g/mol. The van der Waals surface area contributed by atoms with Gasteiger partial charge >= 0.3 is 0 Å². The van der Waals surface area contributed by atoms with Crippen LogP contribution in [0.1, 0.15) is 24.3 Å². The van der Waals surface area contributed by atoms with E-state index in [1.807, 2.05) is 22.9 Å². The van der Waals surface area contributed by atoms with E-state index in [4.69, 9.17) is 0 Å². The maximum Gasteiger partial charge on any atom is 0.240 e. The van der Waals surface area contributed by atoms with Crippen LogP contribution in [0.2, 0.25) is 0 Å². The van der Waals surface area contributed by atoms with E-state index >= 15 is 0 Å². The molecule has 0 bridgehead atoms. The second kappa shape index (κ2) is 8.59. The second-order valence-electron chi connectivity index (χ2n) is 5.90. The Bertz CT molecular complexity index is 890. The van der Waals surface area contributed by atoms with Gasteiger partial charge < -0.3 is 5.11 Å². The SMILES string of the molecule is O=S(=O)(NCC[C@H](CCO)c1ccsc1)c1ccc(-n2cccn2)cc1. The molecule has 0 aliphatic heterocycles. The molecular formula is C18H21N3O3S2. The van der Waals surface area contributed by atoms with Crippen LogP contribution in [0.25, 0.3) is 5.69 Å². The molecule has 3 rings (SSSR count). The lowest BCUT2D eigenvalue weighted by atomic mass is 9.95. The van der Waals surface area contributed by atoms with Crippen LogP contribution in [0, 0.1) is 0 Å². The van der Waals surface area contributed by atoms with Crippen LogP contribution >= 0.6 is 11.3 Å². The summed E-state index contributed by atoms with van der Waals surface area (Å²) < 4.78 is 29.3. The van der Waals surface area contributed by atoms with Crippen molar-refractivity contribution in [3.8, 4) is 5.69 Å². The number of thiophene rings is 1. The summed E-state index contributed by atoms with van der Waals surface area (Å²) in [6.45, 7) is 0.409. The summed E-state index contributed by atoms with van der Waals surface area (Å²) in [6, 6.07) is 10.4. The van der Waals surface area contributed by atoms with E-state index in [1.165, 1.54) is 0 Å². The molecule has 26 heavy (non-hydrogen) atoms. The van der Waals surface area contributed by atoms with E-state index in [0.717, 1.165) is 11.3 Å². The summed E-state index contributed by atoms with van der Waals surface area (Å²) in [5, 5.41) is 17.4. The number of hydrogen-bond donors (Lipinski definition) is 2. The molecule has 0 aliphatic carbocycles. The molecule has 0 saturated carbocycles. The highest BCUT2D eigenvalue weighted by Crippen LogP contribution is 2.25. The van der Waals surface area contributed by atoms with Crippen molar-refractivity contribution in [2.24, 2.45) is 0 Å². The Balaban J connectivity index is 1.61. The van der Waals surface area contributed by atoms with Gasteiger partial charge in [0.1, 0.15) is 0 Å². The summed E-state index contributed by atoms with van der Waals surface area (Å²) in [5.74, 6) is 0.149. The van der Waals surface area contributed by atoms with Crippen LogP contribution in [0.3, 0.4) is 0 Å². The summed E-state index contributed by atoms with van der Waals surface area (Å²) in [6.07, 6.45) is 4.73. The number of aliphatic hydroxyl groups is 1. The maximum absolute atomic E-state index is 12.5. The van der Waals surface area contributed by atoms with Crippen LogP contribution in [-0.2, 0) is 10.0 Å². The number of rotatable bonds is 9. The van der Waals surface area contributed by atoms with Gasteiger partial charge in [0.15, 0.2) is 0 Å². The zero-order valence-corrected chi connectivity index (χ0v) is 15.8. The van der Waals surface area contributed by atoms with Gasteiger partial charge in [-0.15, -0.1) is 0 Å². The van der Waals surface area contributed by atoms with Crippen molar-refractivity contribution in [1.29, 1.82) is 0 Å². The van der Waals surface area contributed by atoms with Crippen molar-refractivity contribution in [3.63, 3.8) is 0 Å². The van der Waals surface area contributed by atoms with E-state index < -0.39 is 10.0 Å². The number of aromatic nitrogens is 2. The van der Waals surface area contributed by atoms with Crippen molar-refractivity contribution < 1.29 is 13.5 Å². The minimum absolute atomic E-state index is 0.0855. The van der Waals surface area contributed by atoms with Gasteiger partial charge in [-0.1, -0.05) is 0 Å². The Morgan fingerprint density at radius 3 is 2.62 bits per heavy atom. The monoisotopic (exact) mass is 391 g/mol. The summed E-state index contributed by atoms with van der Waals surface area (Å²) in [7, 11) is -3.56. The molecule has 3 aromatic rings. The minimum Gasteiger partial charge on any atom is -0.396 e. The number of nitrogens with zero attached hydrogens (tertiary/aromatic N) is 2. The molecule has 8 heteroatoms. The highest BCUT2D eigenvalue weighted by molar-refractivity contribution is 7.89. The molecule has 2 N–H and O–H groups in total. The predicted octanol–water partition coefficient (Wildman–Crippen LogP) is 2.77. The number of nitrogens with one attached hydrogen (secondary N) is 1. The van der Waals surface area contributed by atoms with Crippen molar-refractivity contribution in [2.45, 2.75) is 23.7 Å². The quantitative estimate of drug-likeness (QED) is 0.587. The Labute approximate surface area is 157 Å². The molecule has 0 fully saturated rings. The molecule has 0 radical (unpaired) electrons. The Morgan fingerprint density at radius 2 is 2.00 bits per heavy atom. The fourth-order valence-corrected chi connectivity index (χ4v) is 4.58. The Hall–Kier alpha value is -2.00. The summed E-state index contributed by atoms with van der Waals surface area (Å²) >= 11 is 1.60. The van der Waals surface area contributed by atoms with E-state index in [0.29, 0.717) is 19.4 Å². The molecule has 2 heterocycles. The van der Waals surface area contributed by atoms with Crippen LogP contribution in [0.4, 0.5) is 0 Å². The van der Waals surface area contributed by atoms with E-state index in [-0.39, 0.29) is 17.4 Å². The van der Waals surface area contributed by atoms with E-state index in [2.05, 4.69) is 9.82 Å². The van der Waals surface area contributed by atoms with Gasteiger partial charge in [-0.25, -0.2) is 17.8 Å². The van der Waals surface area contributed by atoms with Gasteiger partial charge in [0.05, 0.1) is 10.6 Å². The number of aliphatic hydroxyl groups excluding tert-OH is 1. The third kappa shape index (κ3) is 4.59. The molecule has 138 valence electrons. The second-order valence-corrected chi connectivity index (χ2v) is 8.44. The summed E-state index contributed by atoms with van der Waals surface area (Å²) in [5.41, 5.74) is 1.95. The lowest BCUT2D eigenvalue weighted by Gasteiger charge is -2.15. The van der Waals surface area contributed by atoms with Gasteiger partial charge in [-0.2, -0.15) is 16.4 Å². The molecule has 0 aliphatic rings. The molecule has 2 aromatic heterocycles. The van der Waals surface area contributed by atoms with E-state index in [1.54, 1.807) is 52.7 Å². The normalized spacial score (nSPS) is 13.0. The first-order chi connectivity index (χ1) is 12.6. The van der Waals surface area contributed by atoms with Crippen molar-refractivity contribution >= 4 is 21.4 Å². The van der Waals surface area contributed by atoms with Gasteiger partial charge in [-0.3, -0.25) is 0 Å². The Morgan fingerprint density at radius 1 is 1.19 bits per heavy atom. The largest absolute Gasteiger partial charge is 0.396 e. The highest BCUT2D eigenvalue weighted by atomic mass is 32.2. The van der Waals surface area contributed by atoms with E-state index in [9.17, 15) is 13.5 Å². The fourth-order valence-electron chi connectivity index (χ4n) is 2.79. The van der Waals surface area contributed by atoms with Crippen LogP contribution in [0.5, 0.6) is 0 Å². The molecule has 6 nitrogen and oxygen atoms in total. The summed E-state index contributed by atoms with van der Waals surface area (Å²) in [4.78, 5) is 0.225. The smallest absolute Gasteiger partial charge is 0.240 e. The standard InChI is InChI=1S/C18H21N3O3S2/c22-12-7-15(16-8-13-25-14-16)6-10-20-26(23,24)18-4-2-17(3-5-18)21-11-1-9-19-21/h1-5,8-9,11,13-15,20,22H,6-7,10,12H2/t15-/m1/s1. The van der Waals surface area contributed by atoms with Gasteiger partial charge in [0, 0.05) is 25.5 Å². The van der Waals surface area contributed by atoms with Gasteiger partial charge in [0.2, 0.25) is 10.0 Å². The third-order valence-electron chi connectivity index (χ3n) is 4.19. The fraction of sp³-hybridized carbons (Fsp3) is 0.278. The molecule has 0 saturated heterocycles. The lowest BCUT2D eigenvalue weighted by Crippen LogP contribution is -2.26. The average Bonchev–Trinajstić information content (AvgIpc) is 3.35. The molecule has 1 aromatic carbocycles. The topological polar surface area (TPSA) is 84.2 Å². The lowest BCUT2D eigenvalue weighted by molar-refractivity contribution is 0.273. The maximum atomic E-state index is 12.5. The Kier molecular flexibility index (Phi) is 6.20. The zero-order valence-electron chi connectivity index (χ0n) is 14.2. The molecule has 0 amide bonds. The van der Waals surface area contributed by atoms with Crippen LogP contribution in [-0.4, -0.2) is 36.5 Å². The van der Waals surface area contributed by atoms with Crippen molar-refractivity contribution in [3.05, 3.63) is 65.1 Å². The number of sulfonamides is 1. The predicted molar refractivity (Wildman–Crippen MR) is 102 cm³/mol. The van der Waals surface area contributed by atoms with Crippen molar-refractivity contribution in [2.75, 3.05) is 13.2 Å². The third-order valence-corrected chi connectivity index (χ3v) is 6.37. The van der Waals surface area contributed by atoms with Crippen LogP contribution in [0.15, 0.2) is 64.4 Å². The number of benzene rings is 1. The zero-order chi connectivity index (χ0) is 18.4. The first-order valence-corrected chi connectivity index (χ1v) is 10.8. The highest BCUT2D eigenvalue weighted by Gasteiger charge is 2.16. The first-order valence-electron chi connectivity index (χ1n) is 8.33. The van der Waals surface area contributed by atoms with Crippen LogP contribution < -0.4 is 4.72 Å². The minimum atomic E-state index is -3.56. The molecule has 0 unspecified atom stereocenters. The van der Waals surface area contributed by atoms with Gasteiger partial charge in [0.25, 0.3) is 0 Å². The molecular weight excluding hydrogens is 370 g/mol. The molecule has 0 spiro atoms. The van der Waals surface area contributed by atoms with Crippen molar-refractivity contribution in [1.82, 2.24) is 14.5 Å². The number of hydrogen-bond acceptors (Lipinski definition) is 5. The molecule has 1 atom stereocenters. The van der Waals surface area contributed by atoms with Gasteiger partial charge in [-0.05, 0) is 71.5 Å². The first kappa shape index (κ1) is 18.8.